The lowest BCUT2D eigenvalue weighted by molar-refractivity contribution is 0.402. The van der Waals surface area contributed by atoms with E-state index in [-0.39, 0.29) is 6.04 Å². The molecule has 2 aliphatic rings. The second-order valence-corrected chi connectivity index (χ2v) is 6.40. The third-order valence-corrected chi connectivity index (χ3v) is 5.21. The van der Waals surface area contributed by atoms with Gasteiger partial charge >= 0.3 is 0 Å². The number of nitriles is 2. The number of para-hydroxylation sites is 1. The molecular formula is C20H17N3. The summed E-state index contributed by atoms with van der Waals surface area (Å²) in [6.45, 7) is 0.912. The van der Waals surface area contributed by atoms with Gasteiger partial charge in [0.2, 0.25) is 0 Å². The minimum Gasteiger partial charge on any atom is -0.365 e. The number of anilines is 1. The van der Waals surface area contributed by atoms with Crippen LogP contribution in [0.25, 0.3) is 11.1 Å². The Morgan fingerprint density at radius 1 is 0.957 bits per heavy atom. The Kier molecular flexibility index (Phi) is 3.10. The van der Waals surface area contributed by atoms with E-state index in [9.17, 15) is 10.5 Å². The summed E-state index contributed by atoms with van der Waals surface area (Å²) in [6.07, 6.45) is 2.42. The smallest absolute Gasteiger partial charge is 0.167 e. The van der Waals surface area contributed by atoms with Gasteiger partial charge in [0.15, 0.2) is 5.41 Å². The Morgan fingerprint density at radius 3 is 2.43 bits per heavy atom. The van der Waals surface area contributed by atoms with Crippen molar-refractivity contribution in [2.45, 2.75) is 25.3 Å². The fourth-order valence-electron chi connectivity index (χ4n) is 4.13. The Bertz CT molecular complexity index is 826. The minimum atomic E-state index is -0.986. The standard InChI is InChI=1S/C20H17N3/c21-13-20(14-22)12-15-6-1-2-7-16(15)17-8-3-4-9-18(17)23-11-5-10-19(20)23/h1-4,6-9,19H,5,10-12H2. The molecule has 3 heteroatoms. The molecule has 2 heterocycles. The highest BCUT2D eigenvalue weighted by molar-refractivity contribution is 5.82. The maximum absolute atomic E-state index is 9.88. The first kappa shape index (κ1) is 13.9. The molecule has 0 saturated carbocycles. The van der Waals surface area contributed by atoms with Crippen LogP contribution in [0, 0.1) is 28.1 Å². The number of benzene rings is 2. The summed E-state index contributed by atoms with van der Waals surface area (Å²) in [7, 11) is 0. The summed E-state index contributed by atoms with van der Waals surface area (Å²) in [4.78, 5) is 2.29. The van der Waals surface area contributed by atoms with Crippen LogP contribution in [0.2, 0.25) is 0 Å². The minimum absolute atomic E-state index is 0.0352. The average Bonchev–Trinajstić information content (AvgIpc) is 3.09. The molecule has 0 amide bonds. The summed E-state index contributed by atoms with van der Waals surface area (Å²) in [6, 6.07) is 21.3. The van der Waals surface area contributed by atoms with Crippen LogP contribution in [-0.4, -0.2) is 12.6 Å². The number of hydrogen-bond acceptors (Lipinski definition) is 3. The second kappa shape index (κ2) is 5.14. The van der Waals surface area contributed by atoms with E-state index in [1.165, 1.54) is 5.56 Å². The van der Waals surface area contributed by atoms with Gasteiger partial charge in [-0.1, -0.05) is 42.5 Å². The summed E-state index contributed by atoms with van der Waals surface area (Å²) in [5.41, 5.74) is 3.61. The maximum Gasteiger partial charge on any atom is 0.167 e. The van der Waals surface area contributed by atoms with Crippen LogP contribution in [0.15, 0.2) is 48.5 Å². The van der Waals surface area contributed by atoms with Crippen molar-refractivity contribution in [1.29, 1.82) is 10.5 Å². The summed E-state index contributed by atoms with van der Waals surface area (Å²) >= 11 is 0. The molecule has 1 unspecified atom stereocenters. The normalized spacial score (nSPS) is 21.0. The molecule has 23 heavy (non-hydrogen) atoms. The van der Waals surface area contributed by atoms with Gasteiger partial charge in [-0.15, -0.1) is 0 Å². The predicted molar refractivity (Wildman–Crippen MR) is 89.6 cm³/mol. The molecule has 0 N–H and O–H groups in total. The highest BCUT2D eigenvalue weighted by atomic mass is 15.2. The van der Waals surface area contributed by atoms with Gasteiger partial charge in [0.25, 0.3) is 0 Å². The Morgan fingerprint density at radius 2 is 1.65 bits per heavy atom. The van der Waals surface area contributed by atoms with Crippen molar-refractivity contribution in [2.75, 3.05) is 11.4 Å². The van der Waals surface area contributed by atoms with Crippen LogP contribution >= 0.6 is 0 Å². The highest BCUT2D eigenvalue weighted by Crippen LogP contribution is 2.46. The lowest BCUT2D eigenvalue weighted by atomic mass is 9.74. The van der Waals surface area contributed by atoms with Crippen LogP contribution in [0.4, 0.5) is 5.69 Å². The lowest BCUT2D eigenvalue weighted by Crippen LogP contribution is -2.45. The predicted octanol–water partition coefficient (Wildman–Crippen LogP) is 3.91. The lowest BCUT2D eigenvalue weighted by Gasteiger charge is -2.38. The molecular weight excluding hydrogens is 282 g/mol. The van der Waals surface area contributed by atoms with Gasteiger partial charge in [-0.2, -0.15) is 10.5 Å². The van der Waals surface area contributed by atoms with Gasteiger partial charge in [0, 0.05) is 24.2 Å². The van der Waals surface area contributed by atoms with E-state index in [0.29, 0.717) is 6.42 Å². The van der Waals surface area contributed by atoms with Crippen LogP contribution in [0.5, 0.6) is 0 Å². The van der Waals surface area contributed by atoms with Gasteiger partial charge in [0.05, 0.1) is 18.2 Å². The van der Waals surface area contributed by atoms with Gasteiger partial charge in [-0.05, 0) is 30.0 Å². The van der Waals surface area contributed by atoms with E-state index in [0.717, 1.165) is 36.2 Å². The summed E-state index contributed by atoms with van der Waals surface area (Å²) in [5, 5.41) is 19.8. The van der Waals surface area contributed by atoms with E-state index >= 15 is 0 Å². The monoisotopic (exact) mass is 299 g/mol. The molecule has 2 aliphatic heterocycles. The average molecular weight is 299 g/mol. The van der Waals surface area contributed by atoms with Gasteiger partial charge in [-0.3, -0.25) is 0 Å². The van der Waals surface area contributed by atoms with Gasteiger partial charge < -0.3 is 4.90 Å². The molecule has 1 atom stereocenters. The summed E-state index contributed by atoms with van der Waals surface area (Å²) < 4.78 is 0. The number of rotatable bonds is 0. The van der Waals surface area contributed by atoms with Crippen LogP contribution in [-0.2, 0) is 6.42 Å². The van der Waals surface area contributed by atoms with Gasteiger partial charge in [0.1, 0.15) is 0 Å². The van der Waals surface area contributed by atoms with Crippen molar-refractivity contribution in [3.8, 4) is 23.3 Å². The Labute approximate surface area is 136 Å². The van der Waals surface area contributed by atoms with Crippen molar-refractivity contribution in [3.05, 3.63) is 54.1 Å². The van der Waals surface area contributed by atoms with Crippen molar-refractivity contribution in [1.82, 2.24) is 0 Å². The topological polar surface area (TPSA) is 50.8 Å². The van der Waals surface area contributed by atoms with Crippen molar-refractivity contribution >= 4 is 5.69 Å². The van der Waals surface area contributed by atoms with E-state index in [2.05, 4.69) is 47.4 Å². The highest BCUT2D eigenvalue weighted by Gasteiger charge is 2.47. The number of fused-ring (bicyclic) bond motifs is 5. The molecule has 3 nitrogen and oxygen atoms in total. The molecule has 0 bridgehead atoms. The quantitative estimate of drug-likeness (QED) is 0.741. The number of hydrogen-bond donors (Lipinski definition) is 0. The molecule has 0 aromatic heterocycles. The first-order valence-corrected chi connectivity index (χ1v) is 8.05. The van der Waals surface area contributed by atoms with E-state index in [4.69, 9.17) is 0 Å². The third kappa shape index (κ3) is 1.94. The van der Waals surface area contributed by atoms with Crippen LogP contribution in [0.1, 0.15) is 18.4 Å². The molecule has 1 saturated heterocycles. The molecule has 0 spiro atoms. The fraction of sp³-hybridized carbons (Fsp3) is 0.300. The van der Waals surface area contributed by atoms with Gasteiger partial charge in [-0.25, -0.2) is 0 Å². The number of nitrogens with zero attached hydrogens (tertiary/aromatic N) is 3. The Balaban J connectivity index is 2.03. The SMILES string of the molecule is N#CC1(C#N)Cc2ccccc2-c2ccccc2N2CCCC21. The largest absolute Gasteiger partial charge is 0.365 e. The zero-order valence-electron chi connectivity index (χ0n) is 12.9. The third-order valence-electron chi connectivity index (χ3n) is 5.21. The van der Waals surface area contributed by atoms with Crippen molar-refractivity contribution in [2.24, 2.45) is 5.41 Å². The zero-order chi connectivity index (χ0) is 15.9. The molecule has 0 aliphatic carbocycles. The first-order valence-electron chi connectivity index (χ1n) is 8.05. The molecule has 2 aromatic carbocycles. The molecule has 4 rings (SSSR count). The van der Waals surface area contributed by atoms with E-state index in [1.54, 1.807) is 0 Å². The Hall–Kier alpha value is -2.78. The van der Waals surface area contributed by atoms with Crippen LogP contribution < -0.4 is 4.90 Å². The molecule has 112 valence electrons. The van der Waals surface area contributed by atoms with Crippen molar-refractivity contribution in [3.63, 3.8) is 0 Å². The maximum atomic E-state index is 9.88. The fourth-order valence-corrected chi connectivity index (χ4v) is 4.13. The molecule has 1 fully saturated rings. The molecule has 2 aromatic rings. The molecule has 0 radical (unpaired) electrons. The second-order valence-electron chi connectivity index (χ2n) is 6.40. The van der Waals surface area contributed by atoms with E-state index < -0.39 is 5.41 Å². The first-order chi connectivity index (χ1) is 11.3. The van der Waals surface area contributed by atoms with Crippen molar-refractivity contribution < 1.29 is 0 Å². The van der Waals surface area contributed by atoms with Crippen LogP contribution in [0.3, 0.4) is 0 Å². The van der Waals surface area contributed by atoms with E-state index in [1.807, 2.05) is 18.2 Å². The zero-order valence-corrected chi connectivity index (χ0v) is 12.9. The summed E-state index contributed by atoms with van der Waals surface area (Å²) in [5.74, 6) is 0.